The summed E-state index contributed by atoms with van der Waals surface area (Å²) >= 11 is 4.91. The Bertz CT molecular complexity index is 72.2. The van der Waals surface area contributed by atoms with Crippen molar-refractivity contribution in [2.24, 2.45) is 0 Å². The van der Waals surface area contributed by atoms with Crippen molar-refractivity contribution in [2.45, 2.75) is 25.1 Å². The van der Waals surface area contributed by atoms with Gasteiger partial charge in [-0.05, 0) is 0 Å². The maximum atomic E-state index is 8.52. The molecule has 0 aliphatic carbocycles. The zero-order chi connectivity index (χ0) is 7.86. The first kappa shape index (κ1) is 12.4. The van der Waals surface area contributed by atoms with E-state index in [4.69, 9.17) is 30.4 Å². The molecule has 9 heavy (non-hydrogen) atoms. The molecule has 0 rings (SSSR count). The third kappa shape index (κ3) is 54.1. The van der Waals surface area contributed by atoms with E-state index in [2.05, 4.69) is 6.92 Å². The Morgan fingerprint density at radius 3 is 1.78 bits per heavy atom. The second-order valence-electron chi connectivity index (χ2n) is 1.36. The molecule has 60 valence electrons. The van der Waals surface area contributed by atoms with Crippen LogP contribution in [0.4, 0.5) is 0 Å². The van der Waals surface area contributed by atoms with Gasteiger partial charge in [0.25, 0.3) is 0 Å². The summed E-state index contributed by atoms with van der Waals surface area (Å²) in [5.74, 6) is 0. The molecule has 0 aromatic rings. The minimum Gasteiger partial charge on any atom is -0.813 e. The van der Waals surface area contributed by atoms with E-state index < -0.39 is 8.25 Å². The van der Waals surface area contributed by atoms with Gasteiger partial charge in [-0.1, -0.05) is 8.25 Å². The Hall–Kier alpha value is 0.669. The van der Waals surface area contributed by atoms with Gasteiger partial charge < -0.3 is 14.4 Å². The van der Waals surface area contributed by atoms with Gasteiger partial charge in [0.05, 0.1) is 0 Å². The number of hydrogen-bond donors (Lipinski definition) is 0. The SMILES string of the molecule is CC[CH](C)[Cu+2].O=[PH]([O-])[O-]. The Morgan fingerprint density at radius 1 is 1.67 bits per heavy atom. The first-order valence-corrected chi connectivity index (χ1v) is 4.25. The predicted octanol–water partition coefficient (Wildman–Crippen LogP) is -0.152. The van der Waals surface area contributed by atoms with E-state index in [0.717, 1.165) is 6.42 Å². The Labute approximate surface area is 64.2 Å². The molecule has 0 aliphatic rings. The van der Waals surface area contributed by atoms with Gasteiger partial charge in [0.15, 0.2) is 0 Å². The molecule has 0 aromatic carbocycles. The summed E-state index contributed by atoms with van der Waals surface area (Å²) in [7, 11) is -3.63. The molecule has 0 amide bonds. The predicted molar refractivity (Wildman–Crippen MR) is 28.7 cm³/mol. The molecule has 1 unspecified atom stereocenters. The Kier molecular flexibility index (Phi) is 11.9. The van der Waals surface area contributed by atoms with Crippen LogP contribution in [-0.2, 0) is 20.6 Å². The van der Waals surface area contributed by atoms with Crippen molar-refractivity contribution in [1.82, 2.24) is 0 Å². The maximum absolute atomic E-state index is 8.52. The summed E-state index contributed by atoms with van der Waals surface area (Å²) < 4.78 is 8.52. The third-order valence-corrected chi connectivity index (χ3v) is 0.916. The minimum atomic E-state index is -3.63. The van der Waals surface area contributed by atoms with Gasteiger partial charge in [-0.15, -0.1) is 0 Å². The molecule has 0 N–H and O–H groups in total. The molecular weight excluding hydrogens is 191 g/mol. The maximum Gasteiger partial charge on any atom is -0.0813 e. The summed E-state index contributed by atoms with van der Waals surface area (Å²) in [5, 5.41) is 0. The molecule has 0 saturated carbocycles. The van der Waals surface area contributed by atoms with Gasteiger partial charge in [0.1, 0.15) is 0 Å². The van der Waals surface area contributed by atoms with E-state index in [0.29, 0.717) is 4.82 Å². The molecule has 0 saturated heterocycles. The van der Waals surface area contributed by atoms with Gasteiger partial charge in [-0.25, -0.2) is 0 Å². The second-order valence-corrected chi connectivity index (χ2v) is 2.79. The van der Waals surface area contributed by atoms with Crippen LogP contribution in [0.2, 0.25) is 4.82 Å². The first-order chi connectivity index (χ1) is 4.00. The van der Waals surface area contributed by atoms with Crippen molar-refractivity contribution in [1.29, 1.82) is 0 Å². The van der Waals surface area contributed by atoms with Crippen LogP contribution < -0.4 is 9.79 Å². The van der Waals surface area contributed by atoms with E-state index in [1.807, 2.05) is 6.92 Å². The van der Waals surface area contributed by atoms with Crippen molar-refractivity contribution in [3.8, 4) is 0 Å². The molecule has 0 heterocycles. The monoisotopic (exact) mass is 200 g/mol. The fraction of sp³-hybridized carbons (Fsp3) is 1.00. The van der Waals surface area contributed by atoms with E-state index in [1.165, 1.54) is 0 Å². The summed E-state index contributed by atoms with van der Waals surface area (Å²) in [4.78, 5) is 17.5. The van der Waals surface area contributed by atoms with Crippen LogP contribution in [0.5, 0.6) is 0 Å². The quantitative estimate of drug-likeness (QED) is 0.437. The topological polar surface area (TPSA) is 63.2 Å². The van der Waals surface area contributed by atoms with Gasteiger partial charge in [0.2, 0.25) is 0 Å². The van der Waals surface area contributed by atoms with E-state index >= 15 is 0 Å². The standard InChI is InChI=1S/C4H9.Cu.H3O3P/c1-3-4-2;;1-4(2)3/h3H,4H2,1-2H3;;4H,(H2,1,2,3)/q;+2;/p-2. The van der Waals surface area contributed by atoms with Crippen molar-refractivity contribution in [2.75, 3.05) is 0 Å². The molecule has 0 radical (unpaired) electrons. The van der Waals surface area contributed by atoms with Crippen LogP contribution >= 0.6 is 8.25 Å². The summed E-state index contributed by atoms with van der Waals surface area (Å²) in [5.41, 5.74) is 0. The van der Waals surface area contributed by atoms with Gasteiger partial charge in [-0.2, -0.15) is 0 Å². The smallest absolute Gasteiger partial charge is 0.0813 e. The van der Waals surface area contributed by atoms with E-state index in [-0.39, 0.29) is 0 Å². The molecule has 0 aliphatic heterocycles. The molecule has 3 nitrogen and oxygen atoms in total. The summed E-state index contributed by atoms with van der Waals surface area (Å²) in [6, 6.07) is 0. The van der Waals surface area contributed by atoms with E-state index in [9.17, 15) is 0 Å². The van der Waals surface area contributed by atoms with Gasteiger partial charge >= 0.3 is 41.1 Å². The number of rotatable bonds is 1. The van der Waals surface area contributed by atoms with Crippen LogP contribution in [0, 0.1) is 0 Å². The fourth-order valence-corrected chi connectivity index (χ4v) is 0. The molecular formula is C4H10CuO3P. The van der Waals surface area contributed by atoms with Crippen LogP contribution in [0.25, 0.3) is 0 Å². The Morgan fingerprint density at radius 2 is 1.78 bits per heavy atom. The van der Waals surface area contributed by atoms with Crippen molar-refractivity contribution in [3.63, 3.8) is 0 Å². The third-order valence-electron chi connectivity index (χ3n) is 0.531. The van der Waals surface area contributed by atoms with Crippen molar-refractivity contribution in [3.05, 3.63) is 0 Å². The fourth-order valence-electron chi connectivity index (χ4n) is 0. The van der Waals surface area contributed by atoms with Crippen LogP contribution in [0.3, 0.4) is 0 Å². The number of hydrogen-bond acceptors (Lipinski definition) is 3. The summed E-state index contributed by atoms with van der Waals surface area (Å²) in [6.45, 7) is 4.12. The average molecular weight is 201 g/mol. The molecule has 0 bridgehead atoms. The average Bonchev–Trinajstić information content (AvgIpc) is 1.65. The largest absolute Gasteiger partial charge is 0.813 e. The molecule has 0 spiro atoms. The minimum absolute atomic E-state index is 0.447. The second kappa shape index (κ2) is 8.67. The zero-order valence-electron chi connectivity index (χ0n) is 5.31. The molecule has 5 heteroatoms. The normalized spacial score (nSPS) is 12.3. The molecule has 0 aromatic heterocycles. The summed E-state index contributed by atoms with van der Waals surface area (Å²) in [6.07, 6.45) is 1.11. The van der Waals surface area contributed by atoms with Gasteiger partial charge in [-0.3, -0.25) is 0 Å². The molecule has 0 fully saturated rings. The van der Waals surface area contributed by atoms with E-state index in [1.54, 1.807) is 0 Å². The van der Waals surface area contributed by atoms with Crippen LogP contribution in [-0.4, -0.2) is 0 Å². The Balaban J connectivity index is 0. The van der Waals surface area contributed by atoms with Gasteiger partial charge in [0, 0.05) is 0 Å². The van der Waals surface area contributed by atoms with Crippen molar-refractivity contribution >= 4 is 8.25 Å². The zero-order valence-corrected chi connectivity index (χ0v) is 7.25. The first-order valence-electron chi connectivity index (χ1n) is 2.48. The molecule has 1 atom stereocenters. The van der Waals surface area contributed by atoms with Crippen LogP contribution in [0.1, 0.15) is 20.3 Å². The van der Waals surface area contributed by atoms with Crippen molar-refractivity contribution < 1.29 is 30.4 Å². The van der Waals surface area contributed by atoms with Crippen LogP contribution in [0.15, 0.2) is 0 Å².